The summed E-state index contributed by atoms with van der Waals surface area (Å²) in [7, 11) is 0. The van der Waals surface area contributed by atoms with Gasteiger partial charge in [-0.05, 0) is 28.1 Å². The molecule has 4 aromatic rings. The van der Waals surface area contributed by atoms with E-state index in [0.717, 1.165) is 11.1 Å². The highest BCUT2D eigenvalue weighted by molar-refractivity contribution is 6.30. The van der Waals surface area contributed by atoms with Crippen LogP contribution >= 0.6 is 11.6 Å². The van der Waals surface area contributed by atoms with Crippen molar-refractivity contribution < 1.29 is 0 Å². The first-order valence-corrected chi connectivity index (χ1v) is 8.58. The number of H-pyrrole nitrogens is 1. The fraction of sp³-hybridized carbons (Fsp3) is 0.0556. The Morgan fingerprint density at radius 2 is 1.81 bits per heavy atom. The molecule has 2 N–H and O–H groups in total. The van der Waals surface area contributed by atoms with Crippen LogP contribution in [-0.4, -0.2) is 30.4 Å². The molecule has 3 heterocycles. The predicted octanol–water partition coefficient (Wildman–Crippen LogP) is 2.77. The molecule has 1 aliphatic rings. The van der Waals surface area contributed by atoms with Crippen molar-refractivity contribution in [3.63, 3.8) is 0 Å². The largest absolute Gasteiger partial charge is 0.318 e. The van der Waals surface area contributed by atoms with Crippen LogP contribution in [0.15, 0.2) is 59.4 Å². The van der Waals surface area contributed by atoms with Crippen molar-refractivity contribution in [3.05, 3.63) is 81.1 Å². The van der Waals surface area contributed by atoms with E-state index in [2.05, 4.69) is 31.0 Å². The van der Waals surface area contributed by atoms with Crippen LogP contribution in [0.3, 0.4) is 0 Å². The number of aromatic nitrogens is 6. The van der Waals surface area contributed by atoms with E-state index in [9.17, 15) is 4.79 Å². The number of tetrazole rings is 1. The summed E-state index contributed by atoms with van der Waals surface area (Å²) >= 11 is 6.02. The van der Waals surface area contributed by atoms with Crippen molar-refractivity contribution in [1.29, 1.82) is 0 Å². The Hall–Kier alpha value is -3.52. The van der Waals surface area contributed by atoms with Gasteiger partial charge in [-0.2, -0.15) is 9.78 Å². The van der Waals surface area contributed by atoms with Gasteiger partial charge in [-0.3, -0.25) is 4.79 Å². The average molecular weight is 378 g/mol. The molecule has 0 bridgehead atoms. The maximum absolute atomic E-state index is 12.5. The van der Waals surface area contributed by atoms with E-state index < -0.39 is 6.04 Å². The normalized spacial score (nSPS) is 14.9. The summed E-state index contributed by atoms with van der Waals surface area (Å²) in [5.41, 5.74) is 3.14. The van der Waals surface area contributed by atoms with E-state index in [4.69, 9.17) is 11.6 Å². The third kappa shape index (κ3) is 2.49. The molecular weight excluding hydrogens is 366 g/mol. The van der Waals surface area contributed by atoms with Gasteiger partial charge in [-0.1, -0.05) is 59.2 Å². The molecule has 0 spiro atoms. The Balaban J connectivity index is 1.82. The maximum Gasteiger partial charge on any atom is 0.288 e. The topological polar surface area (TPSA) is 101 Å². The number of nitrogens with zero attached hydrogens (tertiary/aromatic N) is 5. The van der Waals surface area contributed by atoms with Gasteiger partial charge in [-0.15, -0.1) is 0 Å². The molecule has 0 unspecified atom stereocenters. The van der Waals surface area contributed by atoms with Gasteiger partial charge >= 0.3 is 0 Å². The van der Waals surface area contributed by atoms with Crippen LogP contribution in [0.5, 0.6) is 0 Å². The monoisotopic (exact) mass is 377 g/mol. The molecule has 0 saturated carbocycles. The molecule has 132 valence electrons. The van der Waals surface area contributed by atoms with Crippen LogP contribution in [0.25, 0.3) is 11.3 Å². The first-order valence-electron chi connectivity index (χ1n) is 8.21. The molecule has 9 heteroatoms. The van der Waals surface area contributed by atoms with Crippen LogP contribution in [0.4, 0.5) is 11.6 Å². The zero-order chi connectivity index (χ0) is 18.4. The fourth-order valence-corrected chi connectivity index (χ4v) is 3.43. The molecule has 2 aromatic heterocycles. The number of rotatable bonds is 2. The molecule has 8 nitrogen and oxygen atoms in total. The maximum atomic E-state index is 12.5. The smallest absolute Gasteiger partial charge is 0.288 e. The number of hydrogen-bond acceptors (Lipinski definition) is 6. The highest BCUT2D eigenvalue weighted by Crippen LogP contribution is 2.40. The first kappa shape index (κ1) is 15.7. The van der Waals surface area contributed by atoms with Gasteiger partial charge in [0.2, 0.25) is 5.95 Å². The van der Waals surface area contributed by atoms with Crippen LogP contribution in [0.2, 0.25) is 5.02 Å². The van der Waals surface area contributed by atoms with Gasteiger partial charge in [0.15, 0.2) is 0 Å². The second-order valence-corrected chi connectivity index (χ2v) is 6.52. The van der Waals surface area contributed by atoms with E-state index in [1.165, 1.54) is 0 Å². The summed E-state index contributed by atoms with van der Waals surface area (Å²) in [5.74, 6) is 0.398. The lowest BCUT2D eigenvalue weighted by Gasteiger charge is -2.27. The Morgan fingerprint density at radius 1 is 1.04 bits per heavy atom. The van der Waals surface area contributed by atoms with Gasteiger partial charge in [-0.25, -0.2) is 5.10 Å². The van der Waals surface area contributed by atoms with Crippen molar-refractivity contribution in [2.45, 2.75) is 6.04 Å². The van der Waals surface area contributed by atoms with Gasteiger partial charge in [0.25, 0.3) is 5.56 Å². The molecule has 1 atom stereocenters. The molecule has 5 rings (SSSR count). The zero-order valence-electron chi connectivity index (χ0n) is 13.8. The minimum atomic E-state index is -0.395. The number of hydrogen-bond donors (Lipinski definition) is 2. The summed E-state index contributed by atoms with van der Waals surface area (Å²) in [5, 5.41) is 22.4. The van der Waals surface area contributed by atoms with Crippen LogP contribution < -0.4 is 10.9 Å². The number of aromatic amines is 1. The van der Waals surface area contributed by atoms with Crippen molar-refractivity contribution in [2.24, 2.45) is 0 Å². The van der Waals surface area contributed by atoms with Crippen LogP contribution in [0, 0.1) is 0 Å². The highest BCUT2D eigenvalue weighted by Gasteiger charge is 2.34. The Morgan fingerprint density at radius 3 is 2.59 bits per heavy atom. The van der Waals surface area contributed by atoms with E-state index in [1.807, 2.05) is 42.5 Å². The lowest BCUT2D eigenvalue weighted by Crippen LogP contribution is -2.29. The SMILES string of the molecule is O=c1[nH]nc(-c2ccc(Cl)cc2)c2c1Nc1nnnn1[C@H]2c1ccccc1. The lowest BCUT2D eigenvalue weighted by molar-refractivity contribution is 0.567. The first-order chi connectivity index (χ1) is 13.2. The lowest BCUT2D eigenvalue weighted by atomic mass is 9.92. The molecule has 0 fully saturated rings. The number of nitrogens with one attached hydrogen (secondary N) is 2. The average Bonchev–Trinajstić information content (AvgIpc) is 3.17. The van der Waals surface area contributed by atoms with Crippen molar-refractivity contribution in [2.75, 3.05) is 5.32 Å². The van der Waals surface area contributed by atoms with E-state index in [1.54, 1.807) is 16.8 Å². The zero-order valence-corrected chi connectivity index (χ0v) is 14.6. The minimum Gasteiger partial charge on any atom is -0.318 e. The third-order valence-corrected chi connectivity index (χ3v) is 4.75. The summed E-state index contributed by atoms with van der Waals surface area (Å²) in [4.78, 5) is 12.5. The second kappa shape index (κ2) is 6.03. The number of halogens is 1. The minimum absolute atomic E-state index is 0.335. The number of benzene rings is 2. The van der Waals surface area contributed by atoms with Crippen molar-refractivity contribution >= 4 is 23.2 Å². The molecule has 2 aromatic carbocycles. The Bertz CT molecular complexity index is 1180. The summed E-state index contributed by atoms with van der Waals surface area (Å²) < 4.78 is 1.65. The van der Waals surface area contributed by atoms with E-state index >= 15 is 0 Å². The highest BCUT2D eigenvalue weighted by atomic mass is 35.5. The predicted molar refractivity (Wildman–Crippen MR) is 100 cm³/mol. The molecule has 0 amide bonds. The van der Waals surface area contributed by atoms with Crippen molar-refractivity contribution in [1.82, 2.24) is 30.4 Å². The standard InChI is InChI=1S/C18H12ClN7O/c19-12-8-6-10(7-9-12)14-13-15(17(27)22-21-14)20-18-23-24-25-26(18)16(13)11-4-2-1-3-5-11/h1-9,16H,(H,22,27)(H,20,23,25)/t16-/m0/s1. The van der Waals surface area contributed by atoms with Gasteiger partial charge in [0.05, 0.1) is 5.69 Å². The van der Waals surface area contributed by atoms with E-state index in [0.29, 0.717) is 27.9 Å². The van der Waals surface area contributed by atoms with E-state index in [-0.39, 0.29) is 5.56 Å². The van der Waals surface area contributed by atoms with Gasteiger partial charge in [0.1, 0.15) is 11.7 Å². The molecule has 1 aliphatic heterocycles. The molecular formula is C18H12ClN7O. The molecule has 27 heavy (non-hydrogen) atoms. The third-order valence-electron chi connectivity index (χ3n) is 4.50. The number of anilines is 2. The van der Waals surface area contributed by atoms with Gasteiger partial charge in [0, 0.05) is 16.1 Å². The Labute approximate surface area is 157 Å². The summed E-state index contributed by atoms with van der Waals surface area (Å²) in [6, 6.07) is 16.6. The molecule has 0 radical (unpaired) electrons. The number of fused-ring (bicyclic) bond motifs is 2. The van der Waals surface area contributed by atoms with Crippen LogP contribution in [-0.2, 0) is 0 Å². The second-order valence-electron chi connectivity index (χ2n) is 6.08. The molecule has 0 aliphatic carbocycles. The fourth-order valence-electron chi connectivity index (χ4n) is 3.31. The van der Waals surface area contributed by atoms with Crippen molar-refractivity contribution in [3.8, 4) is 11.3 Å². The van der Waals surface area contributed by atoms with Crippen LogP contribution in [0.1, 0.15) is 17.2 Å². The quantitative estimate of drug-likeness (QED) is 0.490. The summed E-state index contributed by atoms with van der Waals surface area (Å²) in [6.07, 6.45) is 0. The summed E-state index contributed by atoms with van der Waals surface area (Å²) in [6.45, 7) is 0. The van der Waals surface area contributed by atoms with Gasteiger partial charge < -0.3 is 5.32 Å². The Kier molecular flexibility index (Phi) is 3.51. The molecule has 0 saturated heterocycles.